The Hall–Kier alpha value is -2.74. The summed E-state index contributed by atoms with van der Waals surface area (Å²) in [4.78, 5) is 20.6. The minimum Gasteiger partial charge on any atom is -0.496 e. The molecule has 2 aromatic heterocycles. The van der Waals surface area contributed by atoms with Crippen LogP contribution in [0.15, 0.2) is 34.2 Å². The zero-order valence-corrected chi connectivity index (χ0v) is 14.8. The summed E-state index contributed by atoms with van der Waals surface area (Å²) in [6.07, 6.45) is 0.654. The number of benzene rings is 1. The van der Waals surface area contributed by atoms with E-state index in [0.29, 0.717) is 30.4 Å². The third-order valence-corrected chi connectivity index (χ3v) is 4.34. The Labute approximate surface area is 149 Å². The van der Waals surface area contributed by atoms with Gasteiger partial charge in [-0.05, 0) is 19.1 Å². The van der Waals surface area contributed by atoms with E-state index in [0.717, 1.165) is 16.3 Å². The number of aryl methyl sites for hydroxylation is 2. The number of ether oxygens (including phenoxy) is 1. The highest BCUT2D eigenvalue weighted by Gasteiger charge is 2.14. The molecule has 0 spiro atoms. The topological polar surface area (TPSA) is 90.1 Å². The van der Waals surface area contributed by atoms with Gasteiger partial charge in [0.15, 0.2) is 0 Å². The van der Waals surface area contributed by atoms with Crippen LogP contribution in [0.4, 0.5) is 0 Å². The fourth-order valence-corrected chi connectivity index (χ4v) is 2.90. The Balaban J connectivity index is 1.54. The lowest BCUT2D eigenvalue weighted by Gasteiger charge is -2.03. The standard InChI is InChI=1S/C17H18N4O3S/c1-11-19-12(10-25-11)9-18-15(22)7-8-16-20-17(21-24-16)13-5-3-4-6-14(13)23-2/h3-6,10H,7-9H2,1-2H3,(H,18,22). The van der Waals surface area contributed by atoms with E-state index in [-0.39, 0.29) is 12.3 Å². The second-order valence-corrected chi connectivity index (χ2v) is 6.41. The van der Waals surface area contributed by atoms with Gasteiger partial charge in [-0.2, -0.15) is 4.98 Å². The molecular formula is C17H18N4O3S. The molecule has 0 saturated carbocycles. The van der Waals surface area contributed by atoms with E-state index in [1.165, 1.54) is 0 Å². The number of carbonyl (C=O) groups excluding carboxylic acids is 1. The molecule has 3 aromatic rings. The van der Waals surface area contributed by atoms with Gasteiger partial charge in [0.25, 0.3) is 0 Å². The van der Waals surface area contributed by atoms with Crippen LogP contribution in [0, 0.1) is 6.92 Å². The van der Waals surface area contributed by atoms with E-state index in [4.69, 9.17) is 9.26 Å². The molecule has 8 heteroatoms. The molecular weight excluding hydrogens is 340 g/mol. The summed E-state index contributed by atoms with van der Waals surface area (Å²) >= 11 is 1.56. The Bertz CT molecular complexity index is 859. The van der Waals surface area contributed by atoms with Crippen LogP contribution in [-0.4, -0.2) is 28.1 Å². The number of methoxy groups -OCH3 is 1. The quantitative estimate of drug-likeness (QED) is 0.698. The number of aromatic nitrogens is 3. The first-order chi connectivity index (χ1) is 12.2. The molecule has 130 valence electrons. The fraction of sp³-hybridized carbons (Fsp3) is 0.294. The Kier molecular flexibility index (Phi) is 5.39. The second kappa shape index (κ2) is 7.89. The normalized spacial score (nSPS) is 10.6. The van der Waals surface area contributed by atoms with Crippen molar-refractivity contribution in [1.82, 2.24) is 20.4 Å². The summed E-state index contributed by atoms with van der Waals surface area (Å²) in [6.45, 7) is 2.37. The maximum absolute atomic E-state index is 11.9. The van der Waals surface area contributed by atoms with Gasteiger partial charge in [-0.15, -0.1) is 11.3 Å². The van der Waals surface area contributed by atoms with Gasteiger partial charge < -0.3 is 14.6 Å². The smallest absolute Gasteiger partial charge is 0.227 e. The van der Waals surface area contributed by atoms with Crippen molar-refractivity contribution < 1.29 is 14.1 Å². The predicted molar refractivity (Wildman–Crippen MR) is 93.3 cm³/mol. The van der Waals surface area contributed by atoms with Crippen LogP contribution in [0.3, 0.4) is 0 Å². The minimum absolute atomic E-state index is 0.0808. The van der Waals surface area contributed by atoms with Crippen LogP contribution in [0.1, 0.15) is 23.0 Å². The molecule has 0 aliphatic carbocycles. The van der Waals surface area contributed by atoms with Crippen LogP contribution >= 0.6 is 11.3 Å². The number of thiazole rings is 1. The molecule has 1 amide bonds. The first kappa shape index (κ1) is 17.1. The number of nitrogens with zero attached hydrogens (tertiary/aromatic N) is 3. The number of rotatable bonds is 7. The van der Waals surface area contributed by atoms with Crippen molar-refractivity contribution in [2.24, 2.45) is 0 Å². The van der Waals surface area contributed by atoms with Gasteiger partial charge in [0.05, 0.1) is 29.9 Å². The lowest BCUT2D eigenvalue weighted by molar-refractivity contribution is -0.121. The Morgan fingerprint density at radius 3 is 2.92 bits per heavy atom. The minimum atomic E-state index is -0.0808. The molecule has 25 heavy (non-hydrogen) atoms. The maximum Gasteiger partial charge on any atom is 0.227 e. The van der Waals surface area contributed by atoms with Crippen LogP contribution < -0.4 is 10.1 Å². The number of amides is 1. The Morgan fingerprint density at radius 2 is 2.16 bits per heavy atom. The zero-order chi connectivity index (χ0) is 17.6. The van der Waals surface area contributed by atoms with E-state index < -0.39 is 0 Å². The molecule has 0 radical (unpaired) electrons. The summed E-state index contributed by atoms with van der Waals surface area (Å²) in [5, 5.41) is 9.72. The lowest BCUT2D eigenvalue weighted by Crippen LogP contribution is -2.23. The molecule has 0 aliphatic rings. The van der Waals surface area contributed by atoms with Crippen LogP contribution in [0.25, 0.3) is 11.4 Å². The van der Waals surface area contributed by atoms with Crippen molar-refractivity contribution >= 4 is 17.2 Å². The van der Waals surface area contributed by atoms with Gasteiger partial charge in [-0.1, -0.05) is 17.3 Å². The van der Waals surface area contributed by atoms with E-state index in [1.807, 2.05) is 36.6 Å². The summed E-state index contributed by atoms with van der Waals surface area (Å²) in [7, 11) is 1.59. The molecule has 3 rings (SSSR count). The average Bonchev–Trinajstić information content (AvgIpc) is 3.27. The lowest BCUT2D eigenvalue weighted by atomic mass is 10.2. The first-order valence-corrected chi connectivity index (χ1v) is 8.67. The number of carbonyl (C=O) groups is 1. The SMILES string of the molecule is COc1ccccc1-c1noc(CCC(=O)NCc2csc(C)n2)n1. The molecule has 0 aliphatic heterocycles. The zero-order valence-electron chi connectivity index (χ0n) is 14.0. The number of hydrogen-bond acceptors (Lipinski definition) is 7. The van der Waals surface area contributed by atoms with E-state index in [2.05, 4.69) is 20.4 Å². The summed E-state index contributed by atoms with van der Waals surface area (Å²) in [5.74, 6) is 1.46. The Morgan fingerprint density at radius 1 is 1.32 bits per heavy atom. The molecule has 2 heterocycles. The summed E-state index contributed by atoms with van der Waals surface area (Å²) in [5.41, 5.74) is 1.62. The third kappa shape index (κ3) is 4.42. The highest BCUT2D eigenvalue weighted by atomic mass is 32.1. The maximum atomic E-state index is 11.9. The molecule has 0 bridgehead atoms. The van der Waals surface area contributed by atoms with Crippen molar-refractivity contribution in [3.05, 3.63) is 46.2 Å². The van der Waals surface area contributed by atoms with Crippen molar-refractivity contribution in [2.45, 2.75) is 26.3 Å². The molecule has 0 saturated heterocycles. The van der Waals surface area contributed by atoms with Crippen molar-refractivity contribution in [3.63, 3.8) is 0 Å². The largest absolute Gasteiger partial charge is 0.496 e. The van der Waals surface area contributed by atoms with Gasteiger partial charge in [0.1, 0.15) is 5.75 Å². The van der Waals surface area contributed by atoms with Crippen LogP contribution in [0.2, 0.25) is 0 Å². The van der Waals surface area contributed by atoms with E-state index in [1.54, 1.807) is 18.4 Å². The summed E-state index contributed by atoms with van der Waals surface area (Å²) in [6, 6.07) is 7.44. The predicted octanol–water partition coefficient (Wildman–Crippen LogP) is 2.76. The average molecular weight is 358 g/mol. The summed E-state index contributed by atoms with van der Waals surface area (Å²) < 4.78 is 10.5. The van der Waals surface area contributed by atoms with Crippen molar-refractivity contribution in [2.75, 3.05) is 7.11 Å². The molecule has 0 unspecified atom stereocenters. The number of hydrogen-bond donors (Lipinski definition) is 1. The first-order valence-electron chi connectivity index (χ1n) is 7.79. The molecule has 0 fully saturated rings. The molecule has 1 N–H and O–H groups in total. The van der Waals surface area contributed by atoms with Crippen LogP contribution in [0.5, 0.6) is 5.75 Å². The molecule has 0 atom stereocenters. The van der Waals surface area contributed by atoms with Crippen molar-refractivity contribution in [1.29, 1.82) is 0 Å². The van der Waals surface area contributed by atoms with Gasteiger partial charge in [0.2, 0.25) is 17.6 Å². The monoisotopic (exact) mass is 358 g/mol. The second-order valence-electron chi connectivity index (χ2n) is 5.35. The molecule has 7 nitrogen and oxygen atoms in total. The molecule has 1 aromatic carbocycles. The van der Waals surface area contributed by atoms with Gasteiger partial charge in [0, 0.05) is 18.2 Å². The van der Waals surface area contributed by atoms with E-state index in [9.17, 15) is 4.79 Å². The van der Waals surface area contributed by atoms with Gasteiger partial charge >= 0.3 is 0 Å². The highest BCUT2D eigenvalue weighted by Crippen LogP contribution is 2.27. The van der Waals surface area contributed by atoms with Crippen molar-refractivity contribution in [3.8, 4) is 17.1 Å². The number of nitrogens with one attached hydrogen (secondary N) is 1. The third-order valence-electron chi connectivity index (χ3n) is 3.52. The van der Waals surface area contributed by atoms with Crippen LogP contribution in [-0.2, 0) is 17.8 Å². The number of para-hydroxylation sites is 1. The van der Waals surface area contributed by atoms with Gasteiger partial charge in [-0.25, -0.2) is 4.98 Å². The highest BCUT2D eigenvalue weighted by molar-refractivity contribution is 7.09. The van der Waals surface area contributed by atoms with E-state index >= 15 is 0 Å². The fourth-order valence-electron chi connectivity index (χ4n) is 2.28. The van der Waals surface area contributed by atoms with Gasteiger partial charge in [-0.3, -0.25) is 4.79 Å².